The third-order valence-corrected chi connectivity index (χ3v) is 3.46. The van der Waals surface area contributed by atoms with Crippen LogP contribution >= 0.6 is 23.2 Å². The smallest absolute Gasteiger partial charge is 0.127 e. The van der Waals surface area contributed by atoms with Crippen molar-refractivity contribution < 1.29 is 9.50 Å². The minimum Gasteiger partial charge on any atom is -0.398 e. The maximum atomic E-state index is 13.6. The van der Waals surface area contributed by atoms with E-state index < -0.39 is 11.9 Å². The van der Waals surface area contributed by atoms with Gasteiger partial charge in [0.1, 0.15) is 5.82 Å². The molecule has 0 radical (unpaired) electrons. The summed E-state index contributed by atoms with van der Waals surface area (Å²) in [6, 6.07) is 9.20. The molecule has 0 fully saturated rings. The van der Waals surface area contributed by atoms with E-state index in [2.05, 4.69) is 0 Å². The normalized spacial score (nSPS) is 12.4. The molecule has 1 unspecified atom stereocenters. The zero-order valence-corrected chi connectivity index (χ0v) is 11.4. The molecule has 0 bridgehead atoms. The minimum absolute atomic E-state index is 0.0529. The topological polar surface area (TPSA) is 46.2 Å². The Morgan fingerprint density at radius 2 is 1.95 bits per heavy atom. The molecular weight excluding hydrogens is 288 g/mol. The number of anilines is 1. The van der Waals surface area contributed by atoms with Gasteiger partial charge in [0, 0.05) is 33.3 Å². The number of aliphatic hydroxyl groups excluding tert-OH is 1. The van der Waals surface area contributed by atoms with Crippen LogP contribution in [0.3, 0.4) is 0 Å². The fraction of sp³-hybridized carbons (Fsp3) is 0.143. The standard InChI is InChI=1S/C14H12Cl2FNO/c15-8-4-5-9(13(18)6-8)14(19)7-10-11(16)2-1-3-12(10)17/h1-6,14,19H,7,18H2. The van der Waals surface area contributed by atoms with Crippen LogP contribution in [0.4, 0.5) is 10.1 Å². The first-order valence-electron chi connectivity index (χ1n) is 5.65. The second-order valence-electron chi connectivity index (χ2n) is 4.19. The molecule has 5 heteroatoms. The highest BCUT2D eigenvalue weighted by molar-refractivity contribution is 6.31. The number of halogens is 3. The SMILES string of the molecule is Nc1cc(Cl)ccc1C(O)Cc1c(F)cccc1Cl. The van der Waals surface area contributed by atoms with Gasteiger partial charge in [-0.15, -0.1) is 0 Å². The quantitative estimate of drug-likeness (QED) is 0.842. The van der Waals surface area contributed by atoms with Gasteiger partial charge < -0.3 is 10.8 Å². The van der Waals surface area contributed by atoms with E-state index in [-0.39, 0.29) is 17.0 Å². The Hall–Kier alpha value is -1.29. The van der Waals surface area contributed by atoms with Gasteiger partial charge in [0.15, 0.2) is 0 Å². The molecule has 0 aromatic heterocycles. The lowest BCUT2D eigenvalue weighted by atomic mass is 9.99. The first-order chi connectivity index (χ1) is 8.99. The van der Waals surface area contributed by atoms with Crippen molar-refractivity contribution in [2.45, 2.75) is 12.5 Å². The highest BCUT2D eigenvalue weighted by Gasteiger charge is 2.16. The summed E-state index contributed by atoms with van der Waals surface area (Å²) in [5.41, 5.74) is 6.92. The number of hydrogen-bond acceptors (Lipinski definition) is 2. The van der Waals surface area contributed by atoms with E-state index in [0.717, 1.165) is 0 Å². The van der Waals surface area contributed by atoms with Crippen LogP contribution in [0.2, 0.25) is 10.0 Å². The highest BCUT2D eigenvalue weighted by Crippen LogP contribution is 2.29. The molecule has 0 heterocycles. The summed E-state index contributed by atoms with van der Waals surface area (Å²) < 4.78 is 13.6. The molecule has 1 atom stereocenters. The van der Waals surface area contributed by atoms with Crippen LogP contribution < -0.4 is 5.73 Å². The van der Waals surface area contributed by atoms with E-state index in [1.807, 2.05) is 0 Å². The first kappa shape index (κ1) is 14.1. The number of rotatable bonds is 3. The zero-order valence-electron chi connectivity index (χ0n) is 9.91. The average Bonchev–Trinajstić information content (AvgIpc) is 2.33. The van der Waals surface area contributed by atoms with Gasteiger partial charge in [-0.05, 0) is 24.3 Å². The van der Waals surface area contributed by atoms with Crippen molar-refractivity contribution in [3.05, 3.63) is 63.4 Å². The summed E-state index contributed by atoms with van der Waals surface area (Å²) in [6.45, 7) is 0. The minimum atomic E-state index is -0.938. The van der Waals surface area contributed by atoms with Gasteiger partial charge in [0.2, 0.25) is 0 Å². The van der Waals surface area contributed by atoms with Crippen LogP contribution in [0.15, 0.2) is 36.4 Å². The second-order valence-corrected chi connectivity index (χ2v) is 5.04. The van der Waals surface area contributed by atoms with Gasteiger partial charge in [-0.3, -0.25) is 0 Å². The van der Waals surface area contributed by atoms with Gasteiger partial charge in [-0.1, -0.05) is 35.3 Å². The summed E-state index contributed by atoms with van der Waals surface area (Å²) in [4.78, 5) is 0. The molecule has 2 nitrogen and oxygen atoms in total. The summed E-state index contributed by atoms with van der Waals surface area (Å²) in [5.74, 6) is -0.445. The third-order valence-electron chi connectivity index (χ3n) is 2.87. The van der Waals surface area contributed by atoms with Gasteiger partial charge >= 0.3 is 0 Å². The Kier molecular flexibility index (Phi) is 4.30. The molecule has 0 aliphatic rings. The Morgan fingerprint density at radius 3 is 2.58 bits per heavy atom. The zero-order chi connectivity index (χ0) is 14.0. The second kappa shape index (κ2) is 5.78. The van der Waals surface area contributed by atoms with Crippen LogP contribution in [0.25, 0.3) is 0 Å². The first-order valence-corrected chi connectivity index (χ1v) is 6.40. The number of nitrogen functional groups attached to an aromatic ring is 1. The largest absolute Gasteiger partial charge is 0.398 e. The van der Waals surface area contributed by atoms with Crippen LogP contribution in [0.5, 0.6) is 0 Å². The van der Waals surface area contributed by atoms with Crippen LogP contribution in [-0.2, 0) is 6.42 Å². The van der Waals surface area contributed by atoms with Crippen molar-refractivity contribution in [2.24, 2.45) is 0 Å². The van der Waals surface area contributed by atoms with Gasteiger partial charge in [-0.25, -0.2) is 4.39 Å². The average molecular weight is 300 g/mol. The molecule has 2 aromatic rings. The van der Waals surface area contributed by atoms with E-state index in [4.69, 9.17) is 28.9 Å². The van der Waals surface area contributed by atoms with E-state index in [1.165, 1.54) is 12.1 Å². The van der Waals surface area contributed by atoms with Gasteiger partial charge in [-0.2, -0.15) is 0 Å². The molecule has 0 saturated heterocycles. The lowest BCUT2D eigenvalue weighted by Gasteiger charge is -2.15. The maximum absolute atomic E-state index is 13.6. The molecule has 0 spiro atoms. The predicted octanol–water partition coefficient (Wildman–Crippen LogP) is 3.99. The Morgan fingerprint density at radius 1 is 1.21 bits per heavy atom. The molecule has 0 saturated carbocycles. The Balaban J connectivity index is 2.28. The predicted molar refractivity (Wildman–Crippen MR) is 75.9 cm³/mol. The van der Waals surface area contributed by atoms with E-state index >= 15 is 0 Å². The summed E-state index contributed by atoms with van der Waals surface area (Å²) in [6.07, 6.45) is -0.885. The molecule has 2 rings (SSSR count). The van der Waals surface area contributed by atoms with E-state index in [9.17, 15) is 9.50 Å². The molecule has 0 aliphatic carbocycles. The summed E-state index contributed by atoms with van der Waals surface area (Å²) in [7, 11) is 0. The van der Waals surface area contributed by atoms with Crippen molar-refractivity contribution >= 4 is 28.9 Å². The number of hydrogen-bond donors (Lipinski definition) is 2. The molecular formula is C14H12Cl2FNO. The number of aliphatic hydroxyl groups is 1. The van der Waals surface area contributed by atoms with Gasteiger partial charge in [0.05, 0.1) is 6.10 Å². The van der Waals surface area contributed by atoms with E-state index in [0.29, 0.717) is 16.3 Å². The van der Waals surface area contributed by atoms with Gasteiger partial charge in [0.25, 0.3) is 0 Å². The highest BCUT2D eigenvalue weighted by atomic mass is 35.5. The van der Waals surface area contributed by atoms with Crippen LogP contribution in [0.1, 0.15) is 17.2 Å². The Bertz CT molecular complexity index is 584. The van der Waals surface area contributed by atoms with E-state index in [1.54, 1.807) is 24.3 Å². The van der Waals surface area contributed by atoms with Crippen molar-refractivity contribution in [1.82, 2.24) is 0 Å². The summed E-state index contributed by atoms with van der Waals surface area (Å²) in [5, 5.41) is 10.9. The van der Waals surface area contributed by atoms with Crippen molar-refractivity contribution in [3.8, 4) is 0 Å². The lowest BCUT2D eigenvalue weighted by Crippen LogP contribution is -2.07. The van der Waals surface area contributed by atoms with Crippen molar-refractivity contribution in [1.29, 1.82) is 0 Å². The number of benzene rings is 2. The fourth-order valence-corrected chi connectivity index (χ4v) is 2.30. The van der Waals surface area contributed by atoms with Crippen molar-refractivity contribution in [3.63, 3.8) is 0 Å². The molecule has 0 aliphatic heterocycles. The fourth-order valence-electron chi connectivity index (χ4n) is 1.88. The molecule has 19 heavy (non-hydrogen) atoms. The molecule has 0 amide bonds. The Labute approximate surface area is 120 Å². The molecule has 2 aromatic carbocycles. The number of nitrogens with two attached hydrogens (primary N) is 1. The van der Waals surface area contributed by atoms with Crippen LogP contribution in [-0.4, -0.2) is 5.11 Å². The maximum Gasteiger partial charge on any atom is 0.127 e. The molecule has 100 valence electrons. The monoisotopic (exact) mass is 299 g/mol. The summed E-state index contributed by atoms with van der Waals surface area (Å²) >= 11 is 11.7. The van der Waals surface area contributed by atoms with Crippen LogP contribution in [0, 0.1) is 5.82 Å². The van der Waals surface area contributed by atoms with Crippen molar-refractivity contribution in [2.75, 3.05) is 5.73 Å². The lowest BCUT2D eigenvalue weighted by molar-refractivity contribution is 0.178. The third kappa shape index (κ3) is 3.18. The molecule has 3 N–H and O–H groups in total.